The fourth-order valence-corrected chi connectivity index (χ4v) is 1.92. The molecule has 1 N–H and O–H groups in total. The van der Waals surface area contributed by atoms with Gasteiger partial charge in [0.2, 0.25) is 0 Å². The van der Waals surface area contributed by atoms with Crippen LogP contribution in [-0.4, -0.2) is 25.3 Å². The monoisotopic (exact) mass is 210 g/mol. The number of hydrogen-bond donors (Lipinski definition) is 1. The van der Waals surface area contributed by atoms with Gasteiger partial charge in [0.25, 0.3) is 0 Å². The lowest BCUT2D eigenvalue weighted by atomic mass is 9.98. The second kappa shape index (κ2) is 7.67. The molecule has 1 aliphatic carbocycles. The van der Waals surface area contributed by atoms with Crippen molar-refractivity contribution in [3.8, 4) is 6.07 Å². The lowest BCUT2D eigenvalue weighted by molar-refractivity contribution is 0.0227. The molecule has 0 aromatic carbocycles. The van der Waals surface area contributed by atoms with Gasteiger partial charge in [-0.2, -0.15) is 5.26 Å². The zero-order chi connectivity index (χ0) is 10.9. The van der Waals surface area contributed by atoms with Gasteiger partial charge in [-0.15, -0.1) is 0 Å². The largest absolute Gasteiger partial charge is 0.375 e. The topological polar surface area (TPSA) is 45.0 Å². The molecule has 0 bridgehead atoms. The van der Waals surface area contributed by atoms with Crippen molar-refractivity contribution in [3.63, 3.8) is 0 Å². The highest BCUT2D eigenvalue weighted by Gasteiger charge is 2.15. The lowest BCUT2D eigenvalue weighted by Crippen LogP contribution is -2.34. The second-order valence-corrected chi connectivity index (χ2v) is 4.23. The molecular weight excluding hydrogens is 188 g/mol. The van der Waals surface area contributed by atoms with Crippen molar-refractivity contribution in [2.24, 2.45) is 0 Å². The summed E-state index contributed by atoms with van der Waals surface area (Å²) in [6.45, 7) is 3.54. The predicted octanol–water partition coefficient (Wildman–Crippen LogP) is 2.23. The van der Waals surface area contributed by atoms with E-state index in [1.165, 1.54) is 32.1 Å². The maximum absolute atomic E-state index is 8.89. The van der Waals surface area contributed by atoms with Crippen LogP contribution in [0.3, 0.4) is 0 Å². The van der Waals surface area contributed by atoms with Crippen LogP contribution in [0.15, 0.2) is 0 Å². The Labute approximate surface area is 92.8 Å². The molecule has 1 fully saturated rings. The van der Waals surface area contributed by atoms with Crippen LogP contribution in [0.5, 0.6) is 0 Å². The summed E-state index contributed by atoms with van der Waals surface area (Å²) in [5.74, 6) is 0. The van der Waals surface area contributed by atoms with Gasteiger partial charge in [-0.3, -0.25) is 0 Å². The van der Waals surface area contributed by atoms with Gasteiger partial charge in [-0.25, -0.2) is 0 Å². The zero-order valence-electron chi connectivity index (χ0n) is 9.67. The Kier molecular flexibility index (Phi) is 6.38. The summed E-state index contributed by atoms with van der Waals surface area (Å²) in [4.78, 5) is 0. The smallest absolute Gasteiger partial charge is 0.119 e. The fourth-order valence-electron chi connectivity index (χ4n) is 1.92. The van der Waals surface area contributed by atoms with Gasteiger partial charge in [0, 0.05) is 0 Å². The third-order valence-corrected chi connectivity index (χ3v) is 2.85. The van der Waals surface area contributed by atoms with Crippen LogP contribution in [-0.2, 0) is 4.74 Å². The zero-order valence-corrected chi connectivity index (χ0v) is 9.67. The molecule has 0 aromatic heterocycles. The molecule has 0 amide bonds. The van der Waals surface area contributed by atoms with Crippen molar-refractivity contribution in [2.75, 3.05) is 13.2 Å². The van der Waals surface area contributed by atoms with E-state index < -0.39 is 0 Å². The molecule has 0 saturated heterocycles. The molecule has 0 heterocycles. The van der Waals surface area contributed by atoms with E-state index in [0.717, 1.165) is 13.0 Å². The van der Waals surface area contributed by atoms with Gasteiger partial charge in [0.05, 0.1) is 18.8 Å². The van der Waals surface area contributed by atoms with Crippen molar-refractivity contribution >= 4 is 0 Å². The van der Waals surface area contributed by atoms with Crippen LogP contribution in [0.1, 0.15) is 45.4 Å². The molecule has 1 saturated carbocycles. The van der Waals surface area contributed by atoms with E-state index in [-0.39, 0.29) is 6.04 Å². The summed E-state index contributed by atoms with van der Waals surface area (Å²) in [7, 11) is 0. The molecule has 1 rings (SSSR count). The molecule has 3 heteroatoms. The van der Waals surface area contributed by atoms with E-state index in [0.29, 0.717) is 12.7 Å². The van der Waals surface area contributed by atoms with E-state index in [9.17, 15) is 0 Å². The highest BCUT2D eigenvalue weighted by atomic mass is 16.5. The fraction of sp³-hybridized carbons (Fsp3) is 0.917. The van der Waals surface area contributed by atoms with Crippen molar-refractivity contribution < 1.29 is 4.74 Å². The van der Waals surface area contributed by atoms with Gasteiger partial charge in [-0.1, -0.05) is 26.2 Å². The minimum Gasteiger partial charge on any atom is -0.375 e. The maximum atomic E-state index is 8.89. The molecule has 1 atom stereocenters. The Balaban J connectivity index is 2.12. The summed E-state index contributed by atoms with van der Waals surface area (Å²) in [5.41, 5.74) is 0. The average Bonchev–Trinajstić information content (AvgIpc) is 2.31. The van der Waals surface area contributed by atoms with Gasteiger partial charge in [0.1, 0.15) is 6.04 Å². The summed E-state index contributed by atoms with van der Waals surface area (Å²) in [6.07, 6.45) is 7.71. The van der Waals surface area contributed by atoms with Gasteiger partial charge < -0.3 is 10.1 Å². The Bertz CT molecular complexity index is 194. The molecule has 0 radical (unpaired) electrons. The first-order chi connectivity index (χ1) is 7.36. The standard InChI is InChI=1S/C12H22N2O/c1-2-8-14-11(9-13)10-15-12-6-4-3-5-7-12/h11-12,14H,2-8,10H2,1H3. The minimum atomic E-state index is -0.133. The Morgan fingerprint density at radius 2 is 2.13 bits per heavy atom. The van der Waals surface area contributed by atoms with Gasteiger partial charge in [-0.05, 0) is 25.8 Å². The van der Waals surface area contributed by atoms with E-state index >= 15 is 0 Å². The number of nitrogens with one attached hydrogen (secondary N) is 1. The van der Waals surface area contributed by atoms with Crippen LogP contribution in [0.4, 0.5) is 0 Å². The molecular formula is C12H22N2O. The molecule has 0 aromatic rings. The SMILES string of the molecule is CCCNC(C#N)COC1CCCCC1. The van der Waals surface area contributed by atoms with E-state index in [4.69, 9.17) is 10.00 Å². The molecule has 1 aliphatic rings. The van der Waals surface area contributed by atoms with Crippen molar-refractivity contribution in [1.82, 2.24) is 5.32 Å². The van der Waals surface area contributed by atoms with Crippen molar-refractivity contribution in [3.05, 3.63) is 0 Å². The van der Waals surface area contributed by atoms with Gasteiger partial charge >= 0.3 is 0 Å². The first-order valence-corrected chi connectivity index (χ1v) is 6.11. The Morgan fingerprint density at radius 3 is 2.73 bits per heavy atom. The molecule has 86 valence electrons. The molecule has 0 aliphatic heterocycles. The highest BCUT2D eigenvalue weighted by molar-refractivity contribution is 4.89. The highest BCUT2D eigenvalue weighted by Crippen LogP contribution is 2.20. The summed E-state index contributed by atoms with van der Waals surface area (Å²) in [5, 5.41) is 12.1. The minimum absolute atomic E-state index is 0.133. The summed E-state index contributed by atoms with van der Waals surface area (Å²) in [6, 6.07) is 2.11. The van der Waals surface area contributed by atoms with Crippen molar-refractivity contribution in [1.29, 1.82) is 5.26 Å². The number of ether oxygens (including phenoxy) is 1. The van der Waals surface area contributed by atoms with Crippen molar-refractivity contribution in [2.45, 2.75) is 57.6 Å². The Hall–Kier alpha value is -0.590. The first kappa shape index (κ1) is 12.5. The lowest BCUT2D eigenvalue weighted by Gasteiger charge is -2.23. The van der Waals surface area contributed by atoms with E-state index in [2.05, 4.69) is 18.3 Å². The first-order valence-electron chi connectivity index (χ1n) is 6.11. The number of nitrogens with zero attached hydrogens (tertiary/aromatic N) is 1. The van der Waals surface area contributed by atoms with E-state index in [1.807, 2.05) is 0 Å². The Morgan fingerprint density at radius 1 is 1.40 bits per heavy atom. The normalized spacial score (nSPS) is 19.7. The number of rotatable bonds is 6. The second-order valence-electron chi connectivity index (χ2n) is 4.23. The quantitative estimate of drug-likeness (QED) is 0.731. The predicted molar refractivity (Wildman–Crippen MR) is 60.5 cm³/mol. The number of nitriles is 1. The molecule has 15 heavy (non-hydrogen) atoms. The molecule has 0 spiro atoms. The van der Waals surface area contributed by atoms with Gasteiger partial charge in [0.15, 0.2) is 0 Å². The van der Waals surface area contributed by atoms with Crippen LogP contribution >= 0.6 is 0 Å². The van der Waals surface area contributed by atoms with Crippen LogP contribution in [0, 0.1) is 11.3 Å². The average molecular weight is 210 g/mol. The molecule has 3 nitrogen and oxygen atoms in total. The van der Waals surface area contributed by atoms with E-state index in [1.54, 1.807) is 0 Å². The maximum Gasteiger partial charge on any atom is 0.119 e. The third-order valence-electron chi connectivity index (χ3n) is 2.85. The van der Waals surface area contributed by atoms with Crippen LogP contribution < -0.4 is 5.32 Å². The third kappa shape index (κ3) is 5.15. The van der Waals surface area contributed by atoms with Crippen LogP contribution in [0.2, 0.25) is 0 Å². The summed E-state index contributed by atoms with van der Waals surface area (Å²) >= 11 is 0. The molecule has 1 unspecified atom stereocenters. The summed E-state index contributed by atoms with van der Waals surface area (Å²) < 4.78 is 5.75. The number of hydrogen-bond acceptors (Lipinski definition) is 3. The van der Waals surface area contributed by atoms with Crippen LogP contribution in [0.25, 0.3) is 0 Å².